The maximum atomic E-state index is 5.79. The number of hydrogen-bond acceptors (Lipinski definition) is 1. The number of aromatic amines is 1. The van der Waals surface area contributed by atoms with E-state index in [4.69, 9.17) is 5.73 Å². The molecular weight excluding hydrogens is 352 g/mol. The summed E-state index contributed by atoms with van der Waals surface area (Å²) in [5.74, 6) is 0. The quantitative estimate of drug-likeness (QED) is 0.327. The third-order valence-corrected chi connectivity index (χ3v) is 6.10. The largest absolute Gasteiger partial charge is 0.354 e. The molecule has 0 atom stereocenters. The molecule has 0 fully saturated rings. The first kappa shape index (κ1) is 18.0. The Balaban J connectivity index is 1.82. The average molecular weight is 379 g/mol. The summed E-state index contributed by atoms with van der Waals surface area (Å²) in [6, 6.07) is 26.4. The van der Waals surface area contributed by atoms with Crippen LogP contribution in [0.2, 0.25) is 0 Å². The minimum atomic E-state index is 0.744. The van der Waals surface area contributed by atoms with Gasteiger partial charge in [0.05, 0.1) is 11.2 Å². The van der Waals surface area contributed by atoms with Crippen molar-refractivity contribution in [2.75, 3.05) is 6.54 Å². The summed E-state index contributed by atoms with van der Waals surface area (Å²) in [6.07, 6.45) is 3.19. The molecule has 144 valence electrons. The zero-order valence-electron chi connectivity index (χ0n) is 16.8. The van der Waals surface area contributed by atoms with Crippen molar-refractivity contribution in [3.63, 3.8) is 0 Å². The highest BCUT2D eigenvalue weighted by molar-refractivity contribution is 6.10. The molecular formula is C27H26N2. The van der Waals surface area contributed by atoms with Crippen molar-refractivity contribution in [2.45, 2.75) is 26.2 Å². The normalized spacial score (nSPS) is 11.7. The zero-order valence-corrected chi connectivity index (χ0v) is 16.8. The minimum Gasteiger partial charge on any atom is -0.354 e. The molecule has 2 nitrogen and oxygen atoms in total. The van der Waals surface area contributed by atoms with Crippen LogP contribution in [-0.4, -0.2) is 11.5 Å². The van der Waals surface area contributed by atoms with Crippen LogP contribution in [0.4, 0.5) is 0 Å². The number of hydrogen-bond donors (Lipinski definition) is 2. The van der Waals surface area contributed by atoms with E-state index in [1.54, 1.807) is 0 Å². The summed E-state index contributed by atoms with van der Waals surface area (Å²) in [7, 11) is 0. The van der Waals surface area contributed by atoms with Gasteiger partial charge in [0, 0.05) is 16.3 Å². The fraction of sp³-hybridized carbons (Fsp3) is 0.185. The smallest absolute Gasteiger partial charge is 0.0541 e. The molecule has 0 bridgehead atoms. The second-order valence-electron chi connectivity index (χ2n) is 7.91. The first-order valence-corrected chi connectivity index (χ1v) is 10.5. The molecule has 0 radical (unpaired) electrons. The van der Waals surface area contributed by atoms with E-state index in [1.807, 2.05) is 0 Å². The third-order valence-electron chi connectivity index (χ3n) is 6.10. The Morgan fingerprint density at radius 3 is 2.31 bits per heavy atom. The van der Waals surface area contributed by atoms with E-state index < -0.39 is 0 Å². The predicted molar refractivity (Wildman–Crippen MR) is 125 cm³/mol. The molecule has 5 rings (SSSR count). The van der Waals surface area contributed by atoms with Crippen LogP contribution in [0.3, 0.4) is 0 Å². The lowest BCUT2D eigenvalue weighted by Gasteiger charge is -2.10. The van der Waals surface area contributed by atoms with E-state index >= 15 is 0 Å². The van der Waals surface area contributed by atoms with Gasteiger partial charge in [-0.3, -0.25) is 0 Å². The van der Waals surface area contributed by atoms with Gasteiger partial charge in [0.15, 0.2) is 0 Å². The van der Waals surface area contributed by atoms with Crippen LogP contribution in [0.15, 0.2) is 72.8 Å². The lowest BCUT2D eigenvalue weighted by atomic mass is 9.94. The van der Waals surface area contributed by atoms with E-state index in [0.717, 1.165) is 25.8 Å². The number of benzene rings is 4. The van der Waals surface area contributed by atoms with Crippen LogP contribution >= 0.6 is 0 Å². The van der Waals surface area contributed by atoms with Crippen molar-refractivity contribution < 1.29 is 0 Å². The van der Waals surface area contributed by atoms with Gasteiger partial charge in [0.1, 0.15) is 0 Å². The van der Waals surface area contributed by atoms with Crippen LogP contribution < -0.4 is 5.73 Å². The number of aryl methyl sites for hydroxylation is 2. The molecule has 29 heavy (non-hydrogen) atoms. The van der Waals surface area contributed by atoms with Gasteiger partial charge >= 0.3 is 0 Å². The maximum Gasteiger partial charge on any atom is 0.0541 e. The van der Waals surface area contributed by atoms with E-state index in [9.17, 15) is 0 Å². The average Bonchev–Trinajstić information content (AvgIpc) is 3.13. The van der Waals surface area contributed by atoms with Gasteiger partial charge in [-0.05, 0) is 60.0 Å². The SMILES string of the molecule is Cc1ccc(-c2[nH]c3c(ccc4ccccc43)c2CCCCN)c2ccccc12. The summed E-state index contributed by atoms with van der Waals surface area (Å²) >= 11 is 0. The number of rotatable bonds is 5. The molecule has 0 saturated carbocycles. The number of H-pyrrole nitrogens is 1. The summed E-state index contributed by atoms with van der Waals surface area (Å²) in [5.41, 5.74) is 12.3. The topological polar surface area (TPSA) is 41.8 Å². The van der Waals surface area contributed by atoms with Crippen LogP contribution in [-0.2, 0) is 6.42 Å². The molecule has 0 aliphatic heterocycles. The molecule has 0 unspecified atom stereocenters. The molecule has 5 aromatic rings. The highest BCUT2D eigenvalue weighted by Gasteiger charge is 2.17. The summed E-state index contributed by atoms with van der Waals surface area (Å²) < 4.78 is 0. The second-order valence-corrected chi connectivity index (χ2v) is 7.91. The van der Waals surface area contributed by atoms with Gasteiger partial charge < -0.3 is 10.7 Å². The number of nitrogens with one attached hydrogen (secondary N) is 1. The Labute approximate surface area is 171 Å². The van der Waals surface area contributed by atoms with Gasteiger partial charge in [0.2, 0.25) is 0 Å². The van der Waals surface area contributed by atoms with E-state index in [-0.39, 0.29) is 0 Å². The van der Waals surface area contributed by atoms with Gasteiger partial charge in [-0.25, -0.2) is 0 Å². The summed E-state index contributed by atoms with van der Waals surface area (Å²) in [4.78, 5) is 3.83. The third kappa shape index (κ3) is 3.01. The van der Waals surface area contributed by atoms with Crippen LogP contribution in [0.1, 0.15) is 24.0 Å². The number of unbranched alkanes of at least 4 members (excludes halogenated alkanes) is 1. The number of fused-ring (bicyclic) bond motifs is 4. The molecule has 3 N–H and O–H groups in total. The monoisotopic (exact) mass is 378 g/mol. The van der Waals surface area contributed by atoms with Crippen LogP contribution in [0, 0.1) is 6.92 Å². The zero-order chi connectivity index (χ0) is 19.8. The van der Waals surface area contributed by atoms with E-state index in [1.165, 1.54) is 54.8 Å². The standard InChI is InChI=1S/C27H26N2/c1-18-13-15-24(22-11-5-4-9-20(18)22)27-23(12-6-7-17-28)25-16-14-19-8-2-3-10-21(19)26(25)29-27/h2-5,8-11,13-16,29H,6-7,12,17,28H2,1H3. The first-order valence-electron chi connectivity index (χ1n) is 10.5. The van der Waals surface area contributed by atoms with Gasteiger partial charge in [-0.2, -0.15) is 0 Å². The first-order chi connectivity index (χ1) is 14.3. The highest BCUT2D eigenvalue weighted by atomic mass is 14.7. The molecule has 0 aliphatic carbocycles. The highest BCUT2D eigenvalue weighted by Crippen LogP contribution is 2.38. The molecule has 4 aromatic carbocycles. The fourth-order valence-corrected chi connectivity index (χ4v) is 4.60. The number of nitrogens with two attached hydrogens (primary N) is 1. The van der Waals surface area contributed by atoms with Gasteiger partial charge in [0.25, 0.3) is 0 Å². The Morgan fingerprint density at radius 1 is 0.724 bits per heavy atom. The van der Waals surface area contributed by atoms with Crippen molar-refractivity contribution >= 4 is 32.4 Å². The number of aromatic nitrogens is 1. The van der Waals surface area contributed by atoms with Crippen LogP contribution in [0.5, 0.6) is 0 Å². The summed E-state index contributed by atoms with van der Waals surface area (Å²) in [5, 5.41) is 6.52. The Hall–Kier alpha value is -3.10. The molecule has 0 saturated heterocycles. The molecule has 0 spiro atoms. The lowest BCUT2D eigenvalue weighted by Crippen LogP contribution is -1.99. The molecule has 0 amide bonds. The van der Waals surface area contributed by atoms with Crippen LogP contribution in [0.25, 0.3) is 43.7 Å². The minimum absolute atomic E-state index is 0.744. The molecule has 1 aromatic heterocycles. The van der Waals surface area contributed by atoms with Crippen molar-refractivity contribution in [1.82, 2.24) is 4.98 Å². The Kier molecular flexibility index (Phi) is 4.57. The van der Waals surface area contributed by atoms with Gasteiger partial charge in [-0.1, -0.05) is 72.8 Å². The maximum absolute atomic E-state index is 5.79. The van der Waals surface area contributed by atoms with Crippen molar-refractivity contribution in [1.29, 1.82) is 0 Å². The predicted octanol–water partition coefficient (Wildman–Crippen LogP) is 6.73. The van der Waals surface area contributed by atoms with Crippen molar-refractivity contribution in [3.8, 4) is 11.3 Å². The molecule has 1 heterocycles. The van der Waals surface area contributed by atoms with E-state index in [0.29, 0.717) is 0 Å². The fourth-order valence-electron chi connectivity index (χ4n) is 4.60. The summed E-state index contributed by atoms with van der Waals surface area (Å²) in [6.45, 7) is 2.93. The molecule has 2 heteroatoms. The second kappa shape index (κ2) is 7.38. The Morgan fingerprint density at radius 2 is 1.48 bits per heavy atom. The van der Waals surface area contributed by atoms with Crippen molar-refractivity contribution in [2.24, 2.45) is 5.73 Å². The van der Waals surface area contributed by atoms with Gasteiger partial charge in [-0.15, -0.1) is 0 Å². The molecule has 0 aliphatic rings. The van der Waals surface area contributed by atoms with Crippen molar-refractivity contribution in [3.05, 3.63) is 83.9 Å². The lowest BCUT2D eigenvalue weighted by molar-refractivity contribution is 0.748. The Bertz CT molecular complexity index is 1330. The van der Waals surface area contributed by atoms with E-state index in [2.05, 4.69) is 84.7 Å².